The minimum atomic E-state index is 0.623. The van der Waals surface area contributed by atoms with Crippen molar-refractivity contribution in [2.45, 2.75) is 26.9 Å². The van der Waals surface area contributed by atoms with Gasteiger partial charge in [0.15, 0.2) is 0 Å². The van der Waals surface area contributed by atoms with Gasteiger partial charge >= 0.3 is 0 Å². The summed E-state index contributed by atoms with van der Waals surface area (Å²) < 4.78 is 1.91. The lowest BCUT2D eigenvalue weighted by Crippen LogP contribution is -2.23. The van der Waals surface area contributed by atoms with E-state index in [-0.39, 0.29) is 0 Å². The van der Waals surface area contributed by atoms with Crippen LogP contribution in [0.1, 0.15) is 28.1 Å². The molecule has 0 spiro atoms. The van der Waals surface area contributed by atoms with Gasteiger partial charge in [0.2, 0.25) is 0 Å². The molecule has 19 heavy (non-hydrogen) atoms. The number of hydrogen-bond acceptors (Lipinski definition) is 2. The number of amidine groups is 1. The lowest BCUT2D eigenvalue weighted by Gasteiger charge is -2.18. The highest BCUT2D eigenvalue weighted by Gasteiger charge is 2.25. The number of aryl methyl sites for hydroxylation is 2. The molecule has 98 valence electrons. The van der Waals surface area contributed by atoms with Crippen molar-refractivity contribution in [3.63, 3.8) is 0 Å². The molecule has 2 heterocycles. The summed E-state index contributed by atoms with van der Waals surface area (Å²) >= 11 is 0. The predicted molar refractivity (Wildman–Crippen MR) is 75.2 cm³/mol. The van der Waals surface area contributed by atoms with Crippen molar-refractivity contribution in [2.24, 2.45) is 7.05 Å². The monoisotopic (exact) mass is 254 g/mol. The SMILES string of the molecule is Cc1nn(C)c(C)c1CN1Cc2ccccc2C1=N. The number of fused-ring (bicyclic) bond motifs is 1. The van der Waals surface area contributed by atoms with E-state index in [0.717, 1.165) is 24.3 Å². The molecule has 0 saturated heterocycles. The van der Waals surface area contributed by atoms with Crippen LogP contribution >= 0.6 is 0 Å². The third-order valence-corrected chi connectivity index (χ3v) is 3.96. The number of benzene rings is 1. The molecule has 0 radical (unpaired) electrons. The van der Waals surface area contributed by atoms with E-state index < -0.39 is 0 Å². The van der Waals surface area contributed by atoms with Crippen LogP contribution in [0.2, 0.25) is 0 Å². The second kappa shape index (κ2) is 4.23. The number of nitrogens with zero attached hydrogens (tertiary/aromatic N) is 3. The van der Waals surface area contributed by atoms with Crippen molar-refractivity contribution < 1.29 is 0 Å². The van der Waals surface area contributed by atoms with E-state index in [0.29, 0.717) is 5.84 Å². The molecule has 1 aromatic carbocycles. The topological polar surface area (TPSA) is 44.9 Å². The quantitative estimate of drug-likeness (QED) is 0.894. The molecule has 0 atom stereocenters. The van der Waals surface area contributed by atoms with E-state index in [9.17, 15) is 0 Å². The fraction of sp³-hybridized carbons (Fsp3) is 0.333. The van der Waals surface area contributed by atoms with E-state index in [1.807, 2.05) is 36.9 Å². The average Bonchev–Trinajstić information content (AvgIpc) is 2.83. The van der Waals surface area contributed by atoms with E-state index in [4.69, 9.17) is 5.41 Å². The molecule has 4 nitrogen and oxygen atoms in total. The number of rotatable bonds is 2. The number of nitrogens with one attached hydrogen (secondary N) is 1. The van der Waals surface area contributed by atoms with E-state index in [1.54, 1.807) is 0 Å². The van der Waals surface area contributed by atoms with Crippen LogP contribution in [0, 0.1) is 19.3 Å². The first kappa shape index (κ1) is 12.0. The van der Waals surface area contributed by atoms with Crippen molar-refractivity contribution in [3.8, 4) is 0 Å². The van der Waals surface area contributed by atoms with Crippen molar-refractivity contribution in [3.05, 3.63) is 52.3 Å². The summed E-state index contributed by atoms with van der Waals surface area (Å²) in [5.41, 5.74) is 5.78. The van der Waals surface area contributed by atoms with Crippen molar-refractivity contribution in [1.29, 1.82) is 5.41 Å². The first-order valence-corrected chi connectivity index (χ1v) is 6.48. The maximum Gasteiger partial charge on any atom is 0.129 e. The third-order valence-electron chi connectivity index (χ3n) is 3.96. The summed E-state index contributed by atoms with van der Waals surface area (Å²) in [5.74, 6) is 0.623. The lowest BCUT2D eigenvalue weighted by molar-refractivity contribution is 0.420. The van der Waals surface area contributed by atoms with Gasteiger partial charge in [0, 0.05) is 37.0 Å². The molecule has 1 aliphatic rings. The Hall–Kier alpha value is -2.10. The van der Waals surface area contributed by atoms with Gasteiger partial charge in [-0.3, -0.25) is 10.1 Å². The van der Waals surface area contributed by atoms with Crippen molar-refractivity contribution in [2.75, 3.05) is 0 Å². The summed E-state index contributed by atoms with van der Waals surface area (Å²) in [6.45, 7) is 5.71. The normalized spacial score (nSPS) is 14.1. The number of hydrogen-bond donors (Lipinski definition) is 1. The van der Waals surface area contributed by atoms with Crippen molar-refractivity contribution in [1.82, 2.24) is 14.7 Å². The van der Waals surface area contributed by atoms with Crippen LogP contribution in [0.5, 0.6) is 0 Å². The molecule has 0 saturated carbocycles. The summed E-state index contributed by atoms with van der Waals surface area (Å²) in [6.07, 6.45) is 0. The average molecular weight is 254 g/mol. The fourth-order valence-electron chi connectivity index (χ4n) is 2.72. The Labute approximate surface area is 113 Å². The zero-order chi connectivity index (χ0) is 13.6. The second-order valence-electron chi connectivity index (χ2n) is 5.13. The Bertz CT molecular complexity index is 654. The van der Waals surface area contributed by atoms with Crippen LogP contribution in [-0.4, -0.2) is 20.5 Å². The zero-order valence-electron chi connectivity index (χ0n) is 11.6. The molecule has 1 aliphatic heterocycles. The van der Waals surface area contributed by atoms with Crippen LogP contribution in [0.4, 0.5) is 0 Å². The first-order valence-electron chi connectivity index (χ1n) is 6.48. The molecule has 4 heteroatoms. The summed E-state index contributed by atoms with van der Waals surface area (Å²) in [5, 5.41) is 12.7. The molecule has 1 aromatic heterocycles. The smallest absolute Gasteiger partial charge is 0.129 e. The minimum absolute atomic E-state index is 0.623. The molecule has 1 N–H and O–H groups in total. The van der Waals surface area contributed by atoms with Gasteiger partial charge in [0.1, 0.15) is 5.84 Å². The lowest BCUT2D eigenvalue weighted by atomic mass is 10.1. The highest BCUT2D eigenvalue weighted by atomic mass is 15.3. The predicted octanol–water partition coefficient (Wildman–Crippen LogP) is 2.38. The molecule has 0 amide bonds. The maximum atomic E-state index is 8.28. The van der Waals surface area contributed by atoms with Gasteiger partial charge in [0.25, 0.3) is 0 Å². The van der Waals surface area contributed by atoms with Crippen LogP contribution < -0.4 is 0 Å². The van der Waals surface area contributed by atoms with Gasteiger partial charge in [-0.2, -0.15) is 5.10 Å². The minimum Gasteiger partial charge on any atom is -0.348 e. The Morgan fingerprint density at radius 1 is 1.26 bits per heavy atom. The van der Waals surface area contributed by atoms with Gasteiger partial charge in [-0.05, 0) is 19.4 Å². The van der Waals surface area contributed by atoms with Gasteiger partial charge in [-0.15, -0.1) is 0 Å². The summed E-state index contributed by atoms with van der Waals surface area (Å²) in [6, 6.07) is 8.17. The molecule has 0 aliphatic carbocycles. The largest absolute Gasteiger partial charge is 0.348 e. The molecular formula is C15H18N4. The molecule has 0 unspecified atom stereocenters. The standard InChI is InChI=1S/C15H18N4/c1-10-14(11(2)18(3)17-10)9-19-8-12-6-4-5-7-13(12)15(19)16/h4-7,16H,8-9H2,1-3H3. The van der Waals surface area contributed by atoms with E-state index in [2.05, 4.69) is 23.0 Å². The van der Waals surface area contributed by atoms with Crippen LogP contribution in [0.25, 0.3) is 0 Å². The van der Waals surface area contributed by atoms with Crippen LogP contribution in [-0.2, 0) is 20.1 Å². The van der Waals surface area contributed by atoms with E-state index >= 15 is 0 Å². The first-order chi connectivity index (χ1) is 9.08. The molecular weight excluding hydrogens is 236 g/mol. The van der Waals surface area contributed by atoms with Crippen LogP contribution in [0.15, 0.2) is 24.3 Å². The Morgan fingerprint density at radius 2 is 2.00 bits per heavy atom. The Balaban J connectivity index is 1.89. The number of aromatic nitrogens is 2. The zero-order valence-corrected chi connectivity index (χ0v) is 11.6. The highest BCUT2D eigenvalue weighted by Crippen LogP contribution is 2.25. The van der Waals surface area contributed by atoms with Gasteiger partial charge < -0.3 is 4.90 Å². The molecule has 3 rings (SSSR count). The Morgan fingerprint density at radius 3 is 2.63 bits per heavy atom. The van der Waals surface area contributed by atoms with Crippen LogP contribution in [0.3, 0.4) is 0 Å². The molecule has 0 bridgehead atoms. The maximum absolute atomic E-state index is 8.28. The summed E-state index contributed by atoms with van der Waals surface area (Å²) in [4.78, 5) is 2.11. The van der Waals surface area contributed by atoms with E-state index in [1.165, 1.54) is 16.8 Å². The second-order valence-corrected chi connectivity index (χ2v) is 5.13. The summed E-state index contributed by atoms with van der Waals surface area (Å²) in [7, 11) is 1.97. The van der Waals surface area contributed by atoms with Gasteiger partial charge in [-0.1, -0.05) is 24.3 Å². The van der Waals surface area contributed by atoms with Gasteiger partial charge in [-0.25, -0.2) is 0 Å². The fourth-order valence-corrected chi connectivity index (χ4v) is 2.72. The van der Waals surface area contributed by atoms with Gasteiger partial charge in [0.05, 0.1) is 5.69 Å². The highest BCUT2D eigenvalue weighted by molar-refractivity contribution is 6.00. The molecule has 0 fully saturated rings. The van der Waals surface area contributed by atoms with Crippen molar-refractivity contribution >= 4 is 5.84 Å². The third kappa shape index (κ3) is 1.84. The Kier molecular flexibility index (Phi) is 2.66. The molecule has 2 aromatic rings.